The summed E-state index contributed by atoms with van der Waals surface area (Å²) in [5, 5.41) is 0. The van der Waals surface area contributed by atoms with Crippen LogP contribution in [0.15, 0.2) is 0 Å². The van der Waals surface area contributed by atoms with Crippen LogP contribution in [0.1, 0.15) is 0 Å². The Morgan fingerprint density at radius 1 is 1.25 bits per heavy atom. The van der Waals surface area contributed by atoms with Crippen molar-refractivity contribution in [3.05, 3.63) is 0 Å². The second-order valence-corrected chi connectivity index (χ2v) is 3.80. The zero-order valence-corrected chi connectivity index (χ0v) is 5.23. The van der Waals surface area contributed by atoms with Crippen molar-refractivity contribution in [2.75, 3.05) is 0 Å². The van der Waals surface area contributed by atoms with E-state index >= 15 is 0 Å². The summed E-state index contributed by atoms with van der Waals surface area (Å²) in [7, 11) is 9.87. The monoisotopic (exact) mass is 174 g/mol. The fourth-order valence-corrected chi connectivity index (χ4v) is 0. The van der Waals surface area contributed by atoms with E-state index in [-0.39, 0.29) is 8.41 Å². The Balaban J connectivity index is 0. The van der Waals surface area contributed by atoms with Crippen molar-refractivity contribution in [2.45, 2.75) is 0 Å². The summed E-state index contributed by atoms with van der Waals surface area (Å²) in [5.41, 5.74) is 0. The second kappa shape index (κ2) is 8.82. The molecule has 0 saturated heterocycles. The van der Waals surface area contributed by atoms with Crippen LogP contribution in [0, 0.1) is 0 Å². The Bertz CT molecular complexity index is 6.00. The Labute approximate surface area is 46.1 Å². The van der Waals surface area contributed by atoms with Crippen LogP contribution in [0.5, 0.6) is 0 Å². The molecule has 0 aliphatic heterocycles. The van der Waals surface area contributed by atoms with Crippen LogP contribution < -0.4 is 0 Å². The van der Waals surface area contributed by atoms with Gasteiger partial charge in [-0.1, -0.05) is 0 Å². The molecule has 0 N–H and O–H groups in total. The molecule has 0 spiro atoms. The molecule has 0 fully saturated rings. The summed E-state index contributed by atoms with van der Waals surface area (Å²) in [6.45, 7) is 0. The van der Waals surface area contributed by atoms with Crippen molar-refractivity contribution in [1.82, 2.24) is 0 Å². The summed E-state index contributed by atoms with van der Waals surface area (Å²) in [6, 6.07) is 0. The first-order chi connectivity index (χ1) is 1.41. The normalized spacial score (nSPS) is 3.50. The molecule has 0 saturated carbocycles. The topological polar surface area (TPSA) is 0 Å². The molecule has 0 radical (unpaired) electrons. The summed E-state index contributed by atoms with van der Waals surface area (Å²) < 4.78 is 0. The summed E-state index contributed by atoms with van der Waals surface area (Å²) >= 11 is -0.826. The molecule has 0 aromatic carbocycles. The molecule has 24 valence electrons. The fourth-order valence-electron chi connectivity index (χ4n) is 0. The molecule has 0 nitrogen and oxygen atoms in total. The van der Waals surface area contributed by atoms with Crippen molar-refractivity contribution >= 4 is 25.4 Å². The molecule has 4 heteroatoms. The maximum atomic E-state index is 4.93. The van der Waals surface area contributed by atoms with Crippen molar-refractivity contribution in [3.8, 4) is 0 Å². The minimum atomic E-state index is -0.826. The van der Waals surface area contributed by atoms with Gasteiger partial charge in [-0.05, 0) is 0 Å². The molecule has 0 atom stereocenters. The average Bonchev–Trinajstić information content (AvgIpc) is 0.918. The average molecular weight is 176 g/mol. The van der Waals surface area contributed by atoms with E-state index in [1.165, 1.54) is 0 Å². The number of hydrogen-bond acceptors (Lipinski definition) is 0. The van der Waals surface area contributed by atoms with Gasteiger partial charge in [-0.25, -0.2) is 0 Å². The van der Waals surface area contributed by atoms with Gasteiger partial charge >= 0.3 is 37.9 Å². The number of halogens is 2. The molecule has 0 heterocycles. The molecule has 0 unspecified atom stereocenters. The van der Waals surface area contributed by atoms with Gasteiger partial charge < -0.3 is 0 Å². The van der Waals surface area contributed by atoms with E-state index in [1.807, 2.05) is 0 Å². The Hall–Kier alpha value is 1.53. The summed E-state index contributed by atoms with van der Waals surface area (Å²) in [6.07, 6.45) is 0. The first-order valence-corrected chi connectivity index (χ1v) is 6.71. The van der Waals surface area contributed by atoms with Crippen LogP contribution in [0.2, 0.25) is 0 Å². The quantitative estimate of drug-likeness (QED) is 0.462. The van der Waals surface area contributed by atoms with E-state index in [2.05, 4.69) is 0 Å². The van der Waals surface area contributed by atoms with E-state index in [0.717, 1.165) is 0 Å². The van der Waals surface area contributed by atoms with Gasteiger partial charge in [0.2, 0.25) is 0 Å². The molecular formula is H3BCl2Zr. The van der Waals surface area contributed by atoms with E-state index in [4.69, 9.17) is 17.0 Å². The SMILES string of the molecule is B.[Cl][Zr][Cl]. The van der Waals surface area contributed by atoms with E-state index in [1.54, 1.807) is 0 Å². The predicted molar refractivity (Wildman–Crippen MR) is 21.6 cm³/mol. The van der Waals surface area contributed by atoms with Gasteiger partial charge in [0.15, 0.2) is 0 Å². The van der Waals surface area contributed by atoms with Gasteiger partial charge in [0.05, 0.1) is 8.41 Å². The van der Waals surface area contributed by atoms with Crippen LogP contribution in [0.3, 0.4) is 0 Å². The summed E-state index contributed by atoms with van der Waals surface area (Å²) in [5.74, 6) is 0. The van der Waals surface area contributed by atoms with Gasteiger partial charge in [-0.15, -0.1) is 0 Å². The van der Waals surface area contributed by atoms with Gasteiger partial charge in [0, 0.05) is 0 Å². The predicted octanol–water partition coefficient (Wildman–Crippen LogP) is 0.193. The van der Waals surface area contributed by atoms with Crippen LogP contribution >= 0.6 is 17.0 Å². The van der Waals surface area contributed by atoms with Gasteiger partial charge in [0.25, 0.3) is 0 Å². The summed E-state index contributed by atoms with van der Waals surface area (Å²) in [4.78, 5) is 0. The Kier molecular flexibility index (Phi) is 20.1. The Morgan fingerprint density at radius 2 is 1.25 bits per heavy atom. The number of rotatable bonds is 0. The molecule has 0 aliphatic carbocycles. The molecule has 0 rings (SSSR count). The van der Waals surface area contributed by atoms with Gasteiger partial charge in [0.1, 0.15) is 0 Å². The first-order valence-electron chi connectivity index (χ1n) is 0.378. The zero-order chi connectivity index (χ0) is 2.71. The molecule has 0 amide bonds. The van der Waals surface area contributed by atoms with Gasteiger partial charge in [-0.3, -0.25) is 0 Å². The third-order valence-corrected chi connectivity index (χ3v) is 0. The van der Waals surface area contributed by atoms with Crippen LogP contribution in [-0.2, 0) is 20.8 Å². The van der Waals surface area contributed by atoms with E-state index < -0.39 is 20.8 Å². The van der Waals surface area contributed by atoms with E-state index in [0.29, 0.717) is 0 Å². The first kappa shape index (κ1) is 9.11. The second-order valence-electron chi connectivity index (χ2n) is 0.0714. The standard InChI is InChI=1S/BH3.2ClH.Zr/h1H3;2*1H;/q;;;+2/p-2. The van der Waals surface area contributed by atoms with Crippen LogP contribution in [0.25, 0.3) is 0 Å². The van der Waals surface area contributed by atoms with Crippen molar-refractivity contribution in [2.24, 2.45) is 0 Å². The molecule has 0 aliphatic rings. The fraction of sp³-hybridized carbons (Fsp3) is 0. The van der Waals surface area contributed by atoms with Crippen molar-refractivity contribution < 1.29 is 20.8 Å². The van der Waals surface area contributed by atoms with Crippen LogP contribution in [-0.4, -0.2) is 8.41 Å². The molecule has 0 bridgehead atoms. The third kappa shape index (κ3) is 9.66. The van der Waals surface area contributed by atoms with Crippen molar-refractivity contribution in [1.29, 1.82) is 0 Å². The maximum absolute atomic E-state index is 4.93. The van der Waals surface area contributed by atoms with Gasteiger partial charge in [-0.2, -0.15) is 0 Å². The van der Waals surface area contributed by atoms with Crippen LogP contribution in [0.4, 0.5) is 0 Å². The molecule has 4 heavy (non-hydrogen) atoms. The minimum absolute atomic E-state index is 0. The number of hydrogen-bond donors (Lipinski definition) is 0. The van der Waals surface area contributed by atoms with E-state index in [9.17, 15) is 0 Å². The zero-order valence-electron chi connectivity index (χ0n) is 1.26. The molecule has 0 aromatic heterocycles. The third-order valence-electron chi connectivity index (χ3n) is 0. The van der Waals surface area contributed by atoms with Crippen molar-refractivity contribution in [3.63, 3.8) is 0 Å². The Morgan fingerprint density at radius 3 is 1.25 bits per heavy atom. The molecular weight excluding hydrogens is 173 g/mol. The molecule has 0 aromatic rings.